The van der Waals surface area contributed by atoms with Crippen molar-refractivity contribution in [1.29, 1.82) is 0 Å². The lowest BCUT2D eigenvalue weighted by Gasteiger charge is -2.12. The van der Waals surface area contributed by atoms with Gasteiger partial charge in [-0.1, -0.05) is 23.7 Å². The summed E-state index contributed by atoms with van der Waals surface area (Å²) < 4.78 is 17.2. The van der Waals surface area contributed by atoms with Gasteiger partial charge in [0.25, 0.3) is 0 Å². The first kappa shape index (κ1) is 21.8. The predicted octanol–water partition coefficient (Wildman–Crippen LogP) is 4.48. The largest absolute Gasteiger partial charge is 0.476 e. The van der Waals surface area contributed by atoms with E-state index in [1.807, 2.05) is 12.1 Å². The molecule has 0 unspecified atom stereocenters. The number of carbonyl (C=O) groups excluding carboxylic acids is 2. The number of rotatable bonds is 7. The molecule has 0 fully saturated rings. The molecule has 152 valence electrons. The average Bonchev–Trinajstić information content (AvgIpc) is 2.94. The number of aromatic nitrogens is 2. The number of benzene rings is 1. The van der Waals surface area contributed by atoms with Gasteiger partial charge in [0.2, 0.25) is 5.88 Å². The molecule has 0 saturated heterocycles. The maximum absolute atomic E-state index is 12.7. The minimum absolute atomic E-state index is 0.0396. The third-order valence-corrected chi connectivity index (χ3v) is 3.82. The zero-order chi connectivity index (χ0) is 20.8. The van der Waals surface area contributed by atoms with Crippen LogP contribution in [0.2, 0.25) is 5.02 Å². The van der Waals surface area contributed by atoms with Gasteiger partial charge in [-0.3, -0.25) is 0 Å². The number of hydrogen-bond acceptors (Lipinski definition) is 6. The van der Waals surface area contributed by atoms with Crippen LogP contribution >= 0.6 is 11.6 Å². The van der Waals surface area contributed by atoms with Gasteiger partial charge in [0, 0.05) is 11.4 Å². The number of halogens is 1. The van der Waals surface area contributed by atoms with Crippen LogP contribution in [0.15, 0.2) is 24.3 Å². The molecule has 0 bridgehead atoms. The number of hydrogen-bond donors (Lipinski definition) is 0. The minimum atomic E-state index is -0.691. The molecule has 1 heterocycles. The summed E-state index contributed by atoms with van der Waals surface area (Å²) >= 11 is 5.95. The molecule has 0 saturated carbocycles. The van der Waals surface area contributed by atoms with Crippen molar-refractivity contribution >= 4 is 23.7 Å². The normalized spacial score (nSPS) is 11.0. The molecular formula is C20H25ClN2O5. The van der Waals surface area contributed by atoms with Crippen LogP contribution in [0.1, 0.15) is 56.2 Å². The summed E-state index contributed by atoms with van der Waals surface area (Å²) in [7, 11) is 0. The van der Waals surface area contributed by atoms with Gasteiger partial charge in [-0.15, -0.1) is 5.10 Å². The molecule has 0 radical (unpaired) electrons. The minimum Gasteiger partial charge on any atom is -0.476 e. The Morgan fingerprint density at radius 2 is 1.68 bits per heavy atom. The van der Waals surface area contributed by atoms with E-state index in [-0.39, 0.29) is 36.7 Å². The highest BCUT2D eigenvalue weighted by Gasteiger charge is 2.30. The highest BCUT2D eigenvalue weighted by Crippen LogP contribution is 2.27. The summed E-state index contributed by atoms with van der Waals surface area (Å²) in [4.78, 5) is 25.3. The van der Waals surface area contributed by atoms with E-state index in [9.17, 15) is 9.59 Å². The molecule has 0 aliphatic heterocycles. The van der Waals surface area contributed by atoms with Crippen molar-refractivity contribution in [1.82, 2.24) is 9.78 Å². The summed E-state index contributed by atoms with van der Waals surface area (Å²) in [6, 6.07) is 7.09. The first-order chi connectivity index (χ1) is 13.2. The van der Waals surface area contributed by atoms with Crippen LogP contribution in [0.4, 0.5) is 4.79 Å². The van der Waals surface area contributed by atoms with E-state index in [0.29, 0.717) is 10.7 Å². The van der Waals surface area contributed by atoms with Crippen molar-refractivity contribution < 1.29 is 23.8 Å². The Morgan fingerprint density at radius 3 is 2.21 bits per heavy atom. The van der Waals surface area contributed by atoms with E-state index in [1.54, 1.807) is 46.8 Å². The van der Waals surface area contributed by atoms with E-state index < -0.39 is 12.1 Å². The Labute approximate surface area is 169 Å². The summed E-state index contributed by atoms with van der Waals surface area (Å²) in [5.41, 5.74) is 1.29. The topological polar surface area (TPSA) is 79.7 Å². The second kappa shape index (κ2) is 9.59. The van der Waals surface area contributed by atoms with Gasteiger partial charge in [0.1, 0.15) is 5.56 Å². The molecule has 0 N–H and O–H groups in total. The molecular weight excluding hydrogens is 384 g/mol. The molecule has 0 spiro atoms. The van der Waals surface area contributed by atoms with E-state index in [0.717, 1.165) is 10.2 Å². The van der Waals surface area contributed by atoms with E-state index in [4.69, 9.17) is 25.8 Å². The molecule has 2 aromatic rings. The molecule has 1 aromatic carbocycles. The predicted molar refractivity (Wildman–Crippen MR) is 105 cm³/mol. The van der Waals surface area contributed by atoms with Gasteiger partial charge in [-0.25, -0.2) is 9.59 Å². The van der Waals surface area contributed by atoms with E-state index in [1.165, 1.54) is 0 Å². The van der Waals surface area contributed by atoms with Crippen LogP contribution in [0.25, 0.3) is 0 Å². The first-order valence-electron chi connectivity index (χ1n) is 9.14. The Hall–Kier alpha value is -2.54. The molecule has 0 atom stereocenters. The molecule has 0 amide bonds. The lowest BCUT2D eigenvalue weighted by molar-refractivity contribution is 0.0372. The van der Waals surface area contributed by atoms with E-state index in [2.05, 4.69) is 5.10 Å². The summed E-state index contributed by atoms with van der Waals surface area (Å²) in [6.45, 7) is 9.00. The molecule has 0 aliphatic rings. The van der Waals surface area contributed by atoms with Gasteiger partial charge < -0.3 is 14.2 Å². The van der Waals surface area contributed by atoms with Crippen molar-refractivity contribution in [2.24, 2.45) is 0 Å². The van der Waals surface area contributed by atoms with Crippen LogP contribution in [-0.2, 0) is 15.9 Å². The van der Waals surface area contributed by atoms with E-state index >= 15 is 0 Å². The maximum Gasteiger partial charge on any atom is 0.435 e. The van der Waals surface area contributed by atoms with Crippen LogP contribution in [0.3, 0.4) is 0 Å². The highest BCUT2D eigenvalue weighted by molar-refractivity contribution is 6.30. The highest BCUT2D eigenvalue weighted by atomic mass is 35.5. The van der Waals surface area contributed by atoms with Crippen molar-refractivity contribution in [2.75, 3.05) is 6.61 Å². The monoisotopic (exact) mass is 408 g/mol. The standard InChI is InChI=1S/C20H25ClN2O5/c1-6-26-18-17(19(24)27-12(2)3)16(11-14-7-9-15(21)10-8-14)23(22-18)20(25)28-13(4)5/h7-10,12-13H,6,11H2,1-5H3. The maximum atomic E-state index is 12.7. The van der Waals surface area contributed by atoms with Crippen molar-refractivity contribution in [3.63, 3.8) is 0 Å². The lowest BCUT2D eigenvalue weighted by Crippen LogP contribution is -2.22. The summed E-state index contributed by atoms with van der Waals surface area (Å²) in [5.74, 6) is -0.566. The average molecular weight is 409 g/mol. The SMILES string of the molecule is CCOc1nn(C(=O)OC(C)C)c(Cc2ccc(Cl)cc2)c1C(=O)OC(C)C. The van der Waals surface area contributed by atoms with Gasteiger partial charge in [0.15, 0.2) is 0 Å². The first-order valence-corrected chi connectivity index (χ1v) is 9.51. The fourth-order valence-electron chi connectivity index (χ4n) is 2.51. The number of esters is 1. The third-order valence-electron chi connectivity index (χ3n) is 3.57. The summed E-state index contributed by atoms with van der Waals surface area (Å²) in [5, 5.41) is 4.78. The van der Waals surface area contributed by atoms with Gasteiger partial charge in [-0.2, -0.15) is 4.68 Å². The molecule has 0 aliphatic carbocycles. The smallest absolute Gasteiger partial charge is 0.435 e. The van der Waals surface area contributed by atoms with Crippen molar-refractivity contribution in [3.8, 4) is 5.88 Å². The zero-order valence-electron chi connectivity index (χ0n) is 16.7. The van der Waals surface area contributed by atoms with Crippen LogP contribution < -0.4 is 4.74 Å². The number of nitrogens with zero attached hydrogens (tertiary/aromatic N) is 2. The third kappa shape index (κ3) is 5.48. The second-order valence-electron chi connectivity index (χ2n) is 6.66. The molecule has 7 nitrogen and oxygen atoms in total. The van der Waals surface area contributed by atoms with Crippen molar-refractivity contribution in [2.45, 2.75) is 53.2 Å². The Morgan fingerprint density at radius 1 is 1.07 bits per heavy atom. The summed E-state index contributed by atoms with van der Waals surface area (Å²) in [6.07, 6.45) is -1.13. The Kier molecular flexibility index (Phi) is 7.45. The van der Waals surface area contributed by atoms with Crippen LogP contribution in [0.5, 0.6) is 5.88 Å². The number of ether oxygens (including phenoxy) is 3. The molecule has 28 heavy (non-hydrogen) atoms. The van der Waals surface area contributed by atoms with Gasteiger partial charge >= 0.3 is 12.1 Å². The molecule has 8 heteroatoms. The van der Waals surface area contributed by atoms with Crippen molar-refractivity contribution in [3.05, 3.63) is 46.1 Å². The molecule has 1 aromatic heterocycles. The molecule has 2 rings (SSSR count). The zero-order valence-corrected chi connectivity index (χ0v) is 17.4. The van der Waals surface area contributed by atoms with Gasteiger partial charge in [-0.05, 0) is 52.3 Å². The van der Waals surface area contributed by atoms with Crippen LogP contribution in [-0.4, -0.2) is 40.7 Å². The second-order valence-corrected chi connectivity index (χ2v) is 7.10. The quantitative estimate of drug-likeness (QED) is 0.628. The number of carbonyl (C=O) groups is 2. The Bertz CT molecular complexity index is 828. The fraction of sp³-hybridized carbons (Fsp3) is 0.450. The van der Waals surface area contributed by atoms with Crippen LogP contribution in [0, 0.1) is 0 Å². The van der Waals surface area contributed by atoms with Gasteiger partial charge in [0.05, 0.1) is 24.5 Å². The lowest BCUT2D eigenvalue weighted by atomic mass is 10.1. The Balaban J connectivity index is 2.57. The fourth-order valence-corrected chi connectivity index (χ4v) is 2.63.